The first-order valence-electron chi connectivity index (χ1n) is 13.3. The number of para-hydroxylation sites is 1. The highest BCUT2D eigenvalue weighted by molar-refractivity contribution is 7.99. The van der Waals surface area contributed by atoms with Gasteiger partial charge in [-0.15, -0.1) is 0 Å². The van der Waals surface area contributed by atoms with Crippen LogP contribution in [0.2, 0.25) is 0 Å². The topological polar surface area (TPSA) is 30.7 Å². The average Bonchev–Trinajstić information content (AvgIpc) is 3.22. The molecule has 3 nitrogen and oxygen atoms in total. The van der Waals surface area contributed by atoms with E-state index in [0.29, 0.717) is 5.82 Å². The van der Waals surface area contributed by atoms with Crippen LogP contribution in [0.3, 0.4) is 0 Å². The van der Waals surface area contributed by atoms with Crippen molar-refractivity contribution in [2.45, 2.75) is 9.79 Å². The normalized spacial score (nSPS) is 12.3. The van der Waals surface area contributed by atoms with Gasteiger partial charge in [-0.25, -0.2) is 9.97 Å². The summed E-state index contributed by atoms with van der Waals surface area (Å²) < 4.78 is 2.29. The molecule has 0 radical (unpaired) electrons. The molecule has 8 rings (SSSR count). The Bertz CT molecular complexity index is 2020. The molecule has 0 saturated carbocycles. The molecule has 0 fully saturated rings. The highest BCUT2D eigenvalue weighted by Gasteiger charge is 2.19. The van der Waals surface area contributed by atoms with E-state index in [-0.39, 0.29) is 0 Å². The predicted octanol–water partition coefficient (Wildman–Crippen LogP) is 9.54. The van der Waals surface area contributed by atoms with Crippen LogP contribution in [-0.4, -0.2) is 14.5 Å². The van der Waals surface area contributed by atoms with Crippen molar-refractivity contribution in [2.24, 2.45) is 0 Å². The van der Waals surface area contributed by atoms with E-state index in [2.05, 4.69) is 120 Å². The largest absolute Gasteiger partial charge is 0.294 e. The van der Waals surface area contributed by atoms with Crippen molar-refractivity contribution < 1.29 is 0 Å². The van der Waals surface area contributed by atoms with Crippen molar-refractivity contribution in [2.75, 3.05) is 0 Å². The van der Waals surface area contributed by atoms with Gasteiger partial charge in [0.15, 0.2) is 5.82 Å². The fraction of sp³-hybridized carbons (Fsp3) is 0. The predicted molar refractivity (Wildman–Crippen MR) is 167 cm³/mol. The summed E-state index contributed by atoms with van der Waals surface area (Å²) in [7, 11) is 0. The van der Waals surface area contributed by atoms with Crippen LogP contribution in [0.5, 0.6) is 0 Å². The molecule has 40 heavy (non-hydrogen) atoms. The maximum Gasteiger partial charge on any atom is 0.162 e. The van der Waals surface area contributed by atoms with E-state index in [1.807, 2.05) is 36.0 Å². The lowest BCUT2D eigenvalue weighted by Crippen LogP contribution is -2.02. The molecule has 3 heterocycles. The summed E-state index contributed by atoms with van der Waals surface area (Å²) in [6.07, 6.45) is 4.46. The molecule has 0 aliphatic carbocycles. The third-order valence-corrected chi connectivity index (χ3v) is 8.59. The van der Waals surface area contributed by atoms with Crippen molar-refractivity contribution in [3.63, 3.8) is 0 Å². The molecule has 1 aliphatic rings. The third kappa shape index (κ3) is 3.84. The smallest absolute Gasteiger partial charge is 0.162 e. The van der Waals surface area contributed by atoms with Gasteiger partial charge in [-0.1, -0.05) is 121 Å². The summed E-state index contributed by atoms with van der Waals surface area (Å²) >= 11 is 1.83. The minimum absolute atomic E-state index is 0.712. The first-order chi connectivity index (χ1) is 19.8. The van der Waals surface area contributed by atoms with Crippen molar-refractivity contribution in [1.29, 1.82) is 0 Å². The Hall–Kier alpha value is -4.93. The maximum absolute atomic E-state index is 5.16. The Morgan fingerprint density at radius 1 is 0.500 bits per heavy atom. The number of hydrogen-bond donors (Lipinski definition) is 0. The molecule has 0 unspecified atom stereocenters. The van der Waals surface area contributed by atoms with Crippen LogP contribution in [0.25, 0.3) is 62.4 Å². The van der Waals surface area contributed by atoms with Gasteiger partial charge in [0, 0.05) is 37.8 Å². The number of hydrogen-bond acceptors (Lipinski definition) is 3. The van der Waals surface area contributed by atoms with Crippen LogP contribution < -0.4 is 0 Å². The number of fused-ring (bicyclic) bond motifs is 5. The quantitative estimate of drug-likeness (QED) is 0.228. The van der Waals surface area contributed by atoms with Gasteiger partial charge < -0.3 is 0 Å². The summed E-state index contributed by atoms with van der Waals surface area (Å²) in [6.45, 7) is 0. The standard InChI is InChI=1S/C36H23N3S/c1-3-11-24(12-4-1)30-23-35(38-36(37-30)26-14-5-2-6-15-26)39-31-17-9-8-16-28(31)29-22-34-27(21-32(29)39)20-19-25-13-7-10-18-33(25)40-34/h1-23H. The van der Waals surface area contributed by atoms with Crippen LogP contribution in [0.4, 0.5) is 0 Å². The van der Waals surface area contributed by atoms with Crippen LogP contribution >= 0.6 is 11.8 Å². The van der Waals surface area contributed by atoms with Crippen LogP contribution in [-0.2, 0) is 0 Å². The SMILES string of the molecule is C1=Cc2cc3c(cc2Sc2ccccc21)c1ccccc1n3-c1cc(-c2ccccc2)nc(-c2ccccc2)n1. The van der Waals surface area contributed by atoms with Crippen molar-refractivity contribution in [1.82, 2.24) is 14.5 Å². The summed E-state index contributed by atoms with van der Waals surface area (Å²) in [5.74, 6) is 1.57. The summed E-state index contributed by atoms with van der Waals surface area (Å²) in [5.41, 5.74) is 7.67. The average molecular weight is 530 g/mol. The molecule has 0 N–H and O–H groups in total. The highest BCUT2D eigenvalue weighted by atomic mass is 32.2. The fourth-order valence-corrected chi connectivity index (χ4v) is 6.57. The number of nitrogens with zero attached hydrogens (tertiary/aromatic N) is 3. The maximum atomic E-state index is 5.16. The summed E-state index contributed by atoms with van der Waals surface area (Å²) in [6, 6.07) is 44.5. The first kappa shape index (κ1) is 23.0. The number of benzene rings is 5. The van der Waals surface area contributed by atoms with E-state index >= 15 is 0 Å². The molecule has 2 aromatic heterocycles. The monoisotopic (exact) mass is 529 g/mol. The van der Waals surface area contributed by atoms with Gasteiger partial charge in [-0.3, -0.25) is 4.57 Å². The molecule has 4 heteroatoms. The zero-order valence-electron chi connectivity index (χ0n) is 21.5. The third-order valence-electron chi connectivity index (χ3n) is 7.43. The van der Waals surface area contributed by atoms with Gasteiger partial charge >= 0.3 is 0 Å². The zero-order chi connectivity index (χ0) is 26.5. The fourth-order valence-electron chi connectivity index (χ4n) is 5.51. The van der Waals surface area contributed by atoms with E-state index in [1.165, 1.54) is 31.7 Å². The lowest BCUT2D eigenvalue weighted by atomic mass is 10.1. The molecule has 7 aromatic rings. The Morgan fingerprint density at radius 2 is 1.20 bits per heavy atom. The van der Waals surface area contributed by atoms with Gasteiger partial charge in [-0.2, -0.15) is 0 Å². The summed E-state index contributed by atoms with van der Waals surface area (Å²) in [4.78, 5) is 12.7. The molecule has 0 amide bonds. The van der Waals surface area contributed by atoms with Crippen LogP contribution in [0.15, 0.2) is 137 Å². The molecular weight excluding hydrogens is 506 g/mol. The molecule has 188 valence electrons. The van der Waals surface area contributed by atoms with Gasteiger partial charge in [0.25, 0.3) is 0 Å². The van der Waals surface area contributed by atoms with Gasteiger partial charge in [0.05, 0.1) is 16.7 Å². The highest BCUT2D eigenvalue weighted by Crippen LogP contribution is 2.42. The second-order valence-electron chi connectivity index (χ2n) is 9.90. The van der Waals surface area contributed by atoms with Crippen molar-refractivity contribution >= 4 is 45.7 Å². The number of rotatable bonds is 3. The Morgan fingerprint density at radius 3 is 2.05 bits per heavy atom. The van der Waals surface area contributed by atoms with Crippen LogP contribution in [0, 0.1) is 0 Å². The molecule has 0 saturated heterocycles. The second kappa shape index (κ2) is 9.37. The number of aromatic nitrogens is 3. The Kier molecular flexibility index (Phi) is 5.39. The van der Waals surface area contributed by atoms with Crippen LogP contribution in [0.1, 0.15) is 11.1 Å². The Labute approximate surface area is 236 Å². The van der Waals surface area contributed by atoms with Crippen molar-refractivity contribution in [3.8, 4) is 28.5 Å². The van der Waals surface area contributed by atoms with E-state index in [1.54, 1.807) is 0 Å². The minimum Gasteiger partial charge on any atom is -0.294 e. The molecular formula is C36H23N3S. The van der Waals surface area contributed by atoms with Gasteiger partial charge in [-0.05, 0) is 35.4 Å². The summed E-state index contributed by atoms with van der Waals surface area (Å²) in [5, 5.41) is 2.43. The van der Waals surface area contributed by atoms with E-state index in [4.69, 9.17) is 9.97 Å². The zero-order valence-corrected chi connectivity index (χ0v) is 22.3. The molecule has 5 aromatic carbocycles. The second-order valence-corrected chi connectivity index (χ2v) is 11.0. The minimum atomic E-state index is 0.712. The molecule has 1 aliphatic heterocycles. The Balaban J connectivity index is 1.42. The lowest BCUT2D eigenvalue weighted by molar-refractivity contribution is 1.05. The molecule has 0 atom stereocenters. The van der Waals surface area contributed by atoms with E-state index in [9.17, 15) is 0 Å². The van der Waals surface area contributed by atoms with Crippen molar-refractivity contribution in [3.05, 3.63) is 139 Å². The van der Waals surface area contributed by atoms with Gasteiger partial charge in [0.2, 0.25) is 0 Å². The lowest BCUT2D eigenvalue weighted by Gasteiger charge is -2.13. The molecule has 0 spiro atoms. The van der Waals surface area contributed by atoms with E-state index < -0.39 is 0 Å². The van der Waals surface area contributed by atoms with E-state index in [0.717, 1.165) is 33.7 Å². The molecule has 0 bridgehead atoms. The van der Waals surface area contributed by atoms with Gasteiger partial charge in [0.1, 0.15) is 5.82 Å². The first-order valence-corrected chi connectivity index (χ1v) is 14.2.